The average Bonchev–Trinajstić information content (AvgIpc) is 3.31. The Morgan fingerprint density at radius 2 is 1.82 bits per heavy atom. The maximum absolute atomic E-state index is 13.0. The third-order valence-corrected chi connectivity index (χ3v) is 7.16. The lowest BCUT2D eigenvalue weighted by Gasteiger charge is -2.31. The van der Waals surface area contributed by atoms with Gasteiger partial charge in [-0.2, -0.15) is 18.3 Å². The summed E-state index contributed by atoms with van der Waals surface area (Å²) < 4.78 is 40.4. The van der Waals surface area contributed by atoms with Gasteiger partial charge >= 0.3 is 12.1 Å². The van der Waals surface area contributed by atoms with Crippen molar-refractivity contribution in [1.82, 2.24) is 19.7 Å². The summed E-state index contributed by atoms with van der Waals surface area (Å²) in [5, 5.41) is 17.0. The number of carboxylic acids is 1. The van der Waals surface area contributed by atoms with Gasteiger partial charge in [0.25, 0.3) is 5.91 Å². The van der Waals surface area contributed by atoms with Crippen LogP contribution < -0.4 is 5.32 Å². The van der Waals surface area contributed by atoms with Crippen LogP contribution in [0.5, 0.6) is 0 Å². The highest BCUT2D eigenvalue weighted by molar-refractivity contribution is 5.94. The zero-order valence-electron chi connectivity index (χ0n) is 21.9. The number of pyridine rings is 1. The third kappa shape index (κ3) is 6.96. The van der Waals surface area contributed by atoms with E-state index in [1.165, 1.54) is 22.1 Å². The van der Waals surface area contributed by atoms with Crippen LogP contribution in [-0.2, 0) is 11.0 Å². The SMILES string of the molecule is Cc1nn(-c2ccc(C(F)(F)F)cn2)cc1C(Nc1ccc(C(=O)N(C)CCC(=O)O)cc1)C1CCCCC1. The fourth-order valence-electron chi connectivity index (χ4n) is 4.98. The van der Waals surface area contributed by atoms with Gasteiger partial charge in [0.2, 0.25) is 0 Å². The van der Waals surface area contributed by atoms with Crippen LogP contribution in [0.2, 0.25) is 0 Å². The van der Waals surface area contributed by atoms with Crippen molar-refractivity contribution in [3.8, 4) is 5.82 Å². The molecular weight excluding hydrogens is 511 g/mol. The first kappa shape index (κ1) is 28.1. The molecule has 0 radical (unpaired) electrons. The molecule has 1 aliphatic carbocycles. The molecule has 11 heteroatoms. The molecule has 1 fully saturated rings. The molecular formula is C28H32F3N5O3. The van der Waals surface area contributed by atoms with E-state index >= 15 is 0 Å². The van der Waals surface area contributed by atoms with Gasteiger partial charge in [0.15, 0.2) is 5.82 Å². The van der Waals surface area contributed by atoms with Gasteiger partial charge < -0.3 is 15.3 Å². The van der Waals surface area contributed by atoms with Crippen LogP contribution in [-0.4, -0.2) is 50.2 Å². The number of aryl methyl sites for hydroxylation is 1. The molecule has 2 heterocycles. The number of aliphatic carboxylic acids is 1. The van der Waals surface area contributed by atoms with Crippen molar-refractivity contribution in [1.29, 1.82) is 0 Å². The van der Waals surface area contributed by atoms with Crippen LogP contribution >= 0.6 is 0 Å². The van der Waals surface area contributed by atoms with E-state index < -0.39 is 17.7 Å². The van der Waals surface area contributed by atoms with Crippen molar-refractivity contribution in [2.75, 3.05) is 18.9 Å². The Morgan fingerprint density at radius 1 is 1.13 bits per heavy atom. The average molecular weight is 544 g/mol. The molecule has 0 aliphatic heterocycles. The topological polar surface area (TPSA) is 100 Å². The molecule has 4 rings (SSSR count). The third-order valence-electron chi connectivity index (χ3n) is 7.16. The predicted octanol–water partition coefficient (Wildman–Crippen LogP) is 5.87. The summed E-state index contributed by atoms with van der Waals surface area (Å²) in [5.41, 5.74) is 2.16. The number of halogens is 3. The second-order valence-electron chi connectivity index (χ2n) is 9.99. The van der Waals surface area contributed by atoms with Gasteiger partial charge in [0, 0.05) is 42.8 Å². The lowest BCUT2D eigenvalue weighted by molar-refractivity contribution is -0.138. The Hall–Kier alpha value is -3.89. The number of benzene rings is 1. The van der Waals surface area contributed by atoms with E-state index in [0.29, 0.717) is 17.3 Å². The summed E-state index contributed by atoms with van der Waals surface area (Å²) in [6, 6.07) is 9.29. The van der Waals surface area contributed by atoms with E-state index in [1.54, 1.807) is 19.2 Å². The molecule has 1 atom stereocenters. The van der Waals surface area contributed by atoms with Crippen LogP contribution in [0.15, 0.2) is 48.8 Å². The van der Waals surface area contributed by atoms with Crippen LogP contribution in [0.1, 0.15) is 71.7 Å². The number of carboxylic acid groups (broad SMARTS) is 1. The summed E-state index contributed by atoms with van der Waals surface area (Å²) in [7, 11) is 1.57. The Balaban J connectivity index is 1.56. The Bertz CT molecular complexity index is 1280. The van der Waals surface area contributed by atoms with Gasteiger partial charge in [-0.25, -0.2) is 9.67 Å². The van der Waals surface area contributed by atoms with Crippen molar-refractivity contribution in [2.24, 2.45) is 5.92 Å². The first-order valence-electron chi connectivity index (χ1n) is 13.0. The molecule has 0 saturated heterocycles. The zero-order valence-corrected chi connectivity index (χ0v) is 21.9. The summed E-state index contributed by atoms with van der Waals surface area (Å²) in [6.07, 6.45) is 3.54. The Kier molecular flexibility index (Phi) is 8.57. The number of hydrogen-bond donors (Lipinski definition) is 2. The normalized spacial score (nSPS) is 15.1. The summed E-state index contributed by atoms with van der Waals surface area (Å²) in [6.45, 7) is 2.00. The number of rotatable bonds is 9. The van der Waals surface area contributed by atoms with E-state index in [-0.39, 0.29) is 24.9 Å². The predicted molar refractivity (Wildman–Crippen MR) is 140 cm³/mol. The quantitative estimate of drug-likeness (QED) is 0.350. The number of aromatic nitrogens is 3. The summed E-state index contributed by atoms with van der Waals surface area (Å²) in [4.78, 5) is 28.8. The number of amides is 1. The fourth-order valence-corrected chi connectivity index (χ4v) is 4.98. The fraction of sp³-hybridized carbons (Fsp3) is 0.429. The highest BCUT2D eigenvalue weighted by atomic mass is 19.4. The minimum atomic E-state index is -4.46. The maximum Gasteiger partial charge on any atom is 0.417 e. The molecule has 1 unspecified atom stereocenters. The van der Waals surface area contributed by atoms with Gasteiger partial charge in [0.1, 0.15) is 0 Å². The van der Waals surface area contributed by atoms with Gasteiger partial charge in [0.05, 0.1) is 23.7 Å². The highest BCUT2D eigenvalue weighted by Crippen LogP contribution is 2.38. The minimum Gasteiger partial charge on any atom is -0.481 e. The Morgan fingerprint density at radius 3 is 2.41 bits per heavy atom. The molecule has 208 valence electrons. The number of nitrogens with zero attached hydrogens (tertiary/aromatic N) is 4. The second-order valence-corrected chi connectivity index (χ2v) is 9.99. The lowest BCUT2D eigenvalue weighted by Crippen LogP contribution is -2.29. The molecule has 3 aromatic rings. The first-order chi connectivity index (χ1) is 18.5. The van der Waals surface area contributed by atoms with Crippen molar-refractivity contribution < 1.29 is 27.9 Å². The summed E-state index contributed by atoms with van der Waals surface area (Å²) in [5.74, 6) is -0.586. The van der Waals surface area contributed by atoms with E-state index in [2.05, 4.69) is 15.4 Å². The number of hydrogen-bond acceptors (Lipinski definition) is 5. The molecule has 2 aromatic heterocycles. The van der Waals surface area contributed by atoms with Crippen molar-refractivity contribution in [3.63, 3.8) is 0 Å². The molecule has 1 amide bonds. The van der Waals surface area contributed by atoms with Crippen molar-refractivity contribution in [2.45, 2.75) is 57.7 Å². The van der Waals surface area contributed by atoms with Gasteiger partial charge in [-0.1, -0.05) is 19.3 Å². The molecule has 0 bridgehead atoms. The molecule has 1 aliphatic rings. The van der Waals surface area contributed by atoms with Gasteiger partial charge in [-0.05, 0) is 62.1 Å². The number of nitrogens with one attached hydrogen (secondary N) is 1. The standard InChI is InChI=1S/C28H32F3N5O3/c1-18-23(17-36(34-18)24-13-10-21(16-32-24)28(29,30)31)26(19-6-4-3-5-7-19)33-22-11-8-20(9-12-22)27(39)35(2)15-14-25(37)38/h8-13,16-17,19,26,33H,3-7,14-15H2,1-2H3,(H,37,38). The first-order valence-corrected chi connectivity index (χ1v) is 13.0. The smallest absolute Gasteiger partial charge is 0.417 e. The minimum absolute atomic E-state index is 0.0895. The second kappa shape index (κ2) is 11.9. The Labute approximate surface area is 224 Å². The molecule has 8 nitrogen and oxygen atoms in total. The molecule has 1 aromatic carbocycles. The van der Waals surface area contributed by atoms with Crippen LogP contribution in [0.25, 0.3) is 5.82 Å². The van der Waals surface area contributed by atoms with Gasteiger partial charge in [-0.15, -0.1) is 0 Å². The summed E-state index contributed by atoms with van der Waals surface area (Å²) >= 11 is 0. The number of carbonyl (C=O) groups excluding carboxylic acids is 1. The van der Waals surface area contributed by atoms with E-state index in [1.807, 2.05) is 25.3 Å². The van der Waals surface area contributed by atoms with Crippen LogP contribution in [0, 0.1) is 12.8 Å². The number of anilines is 1. The monoisotopic (exact) mass is 543 g/mol. The van der Waals surface area contributed by atoms with Crippen molar-refractivity contribution in [3.05, 3.63) is 71.2 Å². The van der Waals surface area contributed by atoms with Crippen LogP contribution in [0.4, 0.5) is 18.9 Å². The largest absolute Gasteiger partial charge is 0.481 e. The maximum atomic E-state index is 13.0. The van der Waals surface area contributed by atoms with E-state index in [0.717, 1.165) is 54.9 Å². The molecule has 0 spiro atoms. The number of carbonyl (C=O) groups is 2. The molecule has 1 saturated carbocycles. The lowest BCUT2D eigenvalue weighted by atomic mass is 9.81. The molecule has 39 heavy (non-hydrogen) atoms. The molecule has 2 N–H and O–H groups in total. The number of alkyl halides is 3. The van der Waals surface area contributed by atoms with Gasteiger partial charge in [-0.3, -0.25) is 9.59 Å². The van der Waals surface area contributed by atoms with Crippen LogP contribution in [0.3, 0.4) is 0 Å². The van der Waals surface area contributed by atoms with Crippen molar-refractivity contribution >= 4 is 17.6 Å². The zero-order chi connectivity index (χ0) is 28.2. The van der Waals surface area contributed by atoms with E-state index in [9.17, 15) is 22.8 Å². The highest BCUT2D eigenvalue weighted by Gasteiger charge is 2.31. The van der Waals surface area contributed by atoms with E-state index in [4.69, 9.17) is 5.11 Å².